The molecule has 1 heterocycles. The first-order chi connectivity index (χ1) is 13.3. The van der Waals surface area contributed by atoms with E-state index in [1.54, 1.807) is 36.5 Å². The molecule has 0 aliphatic carbocycles. The molecule has 1 aromatic heterocycles. The van der Waals surface area contributed by atoms with Crippen molar-refractivity contribution in [2.75, 3.05) is 18.4 Å². The van der Waals surface area contributed by atoms with Crippen molar-refractivity contribution in [2.24, 2.45) is 0 Å². The van der Waals surface area contributed by atoms with E-state index >= 15 is 0 Å². The summed E-state index contributed by atoms with van der Waals surface area (Å²) in [6, 6.07) is 9.70. The molecule has 3 amide bonds. The molecular formula is C20H24N4O4. The summed E-state index contributed by atoms with van der Waals surface area (Å²) in [5.41, 5.74) is 1.60. The van der Waals surface area contributed by atoms with E-state index in [2.05, 4.69) is 16.0 Å². The average molecular weight is 384 g/mol. The zero-order valence-electron chi connectivity index (χ0n) is 16.0. The zero-order valence-corrected chi connectivity index (χ0v) is 16.0. The number of benzene rings is 1. The first-order valence-electron chi connectivity index (χ1n) is 8.95. The normalized spacial score (nSPS) is 10.2. The Bertz CT molecular complexity index is 903. The van der Waals surface area contributed by atoms with E-state index in [0.717, 1.165) is 5.56 Å². The number of nitrogens with one attached hydrogen (secondary N) is 3. The molecule has 148 valence electrons. The smallest absolute Gasteiger partial charge is 0.251 e. The van der Waals surface area contributed by atoms with Crippen LogP contribution in [-0.2, 0) is 16.1 Å². The third-order valence-electron chi connectivity index (χ3n) is 3.91. The lowest BCUT2D eigenvalue weighted by Crippen LogP contribution is -2.28. The molecule has 3 N–H and O–H groups in total. The van der Waals surface area contributed by atoms with E-state index in [1.165, 1.54) is 17.6 Å². The van der Waals surface area contributed by atoms with Crippen LogP contribution >= 0.6 is 0 Å². The van der Waals surface area contributed by atoms with Gasteiger partial charge in [0.05, 0.1) is 0 Å². The number of rotatable bonds is 8. The van der Waals surface area contributed by atoms with Crippen LogP contribution in [0.3, 0.4) is 0 Å². The third kappa shape index (κ3) is 6.71. The van der Waals surface area contributed by atoms with Crippen LogP contribution < -0.4 is 21.5 Å². The number of pyridine rings is 1. The Morgan fingerprint density at radius 2 is 1.68 bits per heavy atom. The molecule has 0 radical (unpaired) electrons. The second-order valence-corrected chi connectivity index (χ2v) is 6.39. The lowest BCUT2D eigenvalue weighted by Gasteiger charge is -2.09. The number of aromatic nitrogens is 1. The lowest BCUT2D eigenvalue weighted by molar-refractivity contribution is -0.119. The van der Waals surface area contributed by atoms with E-state index in [9.17, 15) is 19.2 Å². The van der Waals surface area contributed by atoms with E-state index in [0.29, 0.717) is 30.8 Å². The van der Waals surface area contributed by atoms with Crippen LogP contribution in [0.2, 0.25) is 0 Å². The van der Waals surface area contributed by atoms with Gasteiger partial charge < -0.3 is 20.5 Å². The SMILES string of the molecule is CC(=O)NCCCNC(=O)c1ccc(NC(=O)Cn2ccc(C)cc2=O)cc1. The molecule has 0 unspecified atom stereocenters. The highest BCUT2D eigenvalue weighted by Gasteiger charge is 2.08. The summed E-state index contributed by atoms with van der Waals surface area (Å²) in [5.74, 6) is -0.663. The molecule has 8 nitrogen and oxygen atoms in total. The Labute approximate surface area is 162 Å². The van der Waals surface area contributed by atoms with Gasteiger partial charge in [-0.15, -0.1) is 0 Å². The number of carbonyl (C=O) groups excluding carboxylic acids is 3. The van der Waals surface area contributed by atoms with Gasteiger partial charge in [0.25, 0.3) is 11.5 Å². The van der Waals surface area contributed by atoms with Crippen molar-refractivity contribution >= 4 is 23.4 Å². The van der Waals surface area contributed by atoms with Gasteiger partial charge in [-0.05, 0) is 49.2 Å². The summed E-state index contributed by atoms with van der Waals surface area (Å²) in [6.07, 6.45) is 2.22. The Hall–Kier alpha value is -3.42. The standard InChI is InChI=1S/C20H24N4O4/c1-14-8-11-24(19(27)12-14)13-18(26)23-17-6-4-16(5-7-17)20(28)22-10-3-9-21-15(2)25/h4-8,11-12H,3,9-10,13H2,1-2H3,(H,21,25)(H,22,28)(H,23,26). The molecule has 0 atom stereocenters. The van der Waals surface area contributed by atoms with E-state index in [4.69, 9.17) is 0 Å². The summed E-state index contributed by atoms with van der Waals surface area (Å²) in [5, 5.41) is 8.12. The lowest BCUT2D eigenvalue weighted by atomic mass is 10.2. The number of anilines is 1. The van der Waals surface area contributed by atoms with Crippen LogP contribution in [0, 0.1) is 6.92 Å². The maximum Gasteiger partial charge on any atom is 0.251 e. The number of carbonyl (C=O) groups is 3. The molecule has 0 spiro atoms. The Morgan fingerprint density at radius 3 is 2.32 bits per heavy atom. The van der Waals surface area contributed by atoms with Crippen molar-refractivity contribution < 1.29 is 14.4 Å². The van der Waals surface area contributed by atoms with Crippen LogP contribution in [0.1, 0.15) is 29.3 Å². The summed E-state index contributed by atoms with van der Waals surface area (Å²) in [6.45, 7) is 4.12. The Morgan fingerprint density at radius 1 is 1.00 bits per heavy atom. The van der Waals surface area contributed by atoms with Crippen molar-refractivity contribution in [1.82, 2.24) is 15.2 Å². The average Bonchev–Trinajstić information content (AvgIpc) is 2.64. The van der Waals surface area contributed by atoms with Crippen molar-refractivity contribution in [3.8, 4) is 0 Å². The van der Waals surface area contributed by atoms with E-state index < -0.39 is 0 Å². The van der Waals surface area contributed by atoms with Gasteiger partial charge >= 0.3 is 0 Å². The fourth-order valence-electron chi connectivity index (χ4n) is 2.45. The highest BCUT2D eigenvalue weighted by atomic mass is 16.2. The van der Waals surface area contributed by atoms with Crippen molar-refractivity contribution in [3.05, 3.63) is 64.1 Å². The van der Waals surface area contributed by atoms with Crippen LogP contribution in [-0.4, -0.2) is 35.4 Å². The predicted molar refractivity (Wildman–Crippen MR) is 106 cm³/mol. The predicted octanol–water partition coefficient (Wildman–Crippen LogP) is 1.05. The van der Waals surface area contributed by atoms with Crippen LogP contribution in [0.15, 0.2) is 47.4 Å². The fraction of sp³-hybridized carbons (Fsp3) is 0.300. The molecule has 0 aliphatic heterocycles. The van der Waals surface area contributed by atoms with Gasteiger partial charge in [-0.3, -0.25) is 19.2 Å². The maximum atomic E-state index is 12.1. The van der Waals surface area contributed by atoms with Gasteiger partial charge in [-0.2, -0.15) is 0 Å². The van der Waals surface area contributed by atoms with Crippen molar-refractivity contribution in [3.63, 3.8) is 0 Å². The highest BCUT2D eigenvalue weighted by Crippen LogP contribution is 2.09. The second-order valence-electron chi connectivity index (χ2n) is 6.39. The van der Waals surface area contributed by atoms with Gasteiger partial charge in [0.15, 0.2) is 0 Å². The number of nitrogens with zero attached hydrogens (tertiary/aromatic N) is 1. The summed E-state index contributed by atoms with van der Waals surface area (Å²) < 4.78 is 1.32. The first-order valence-corrected chi connectivity index (χ1v) is 8.95. The van der Waals surface area contributed by atoms with Gasteiger partial charge in [-0.25, -0.2) is 0 Å². The quantitative estimate of drug-likeness (QED) is 0.591. The third-order valence-corrected chi connectivity index (χ3v) is 3.91. The molecule has 0 saturated heterocycles. The van der Waals surface area contributed by atoms with E-state index in [-0.39, 0.29) is 29.8 Å². The molecule has 0 saturated carbocycles. The largest absolute Gasteiger partial charge is 0.356 e. The molecular weight excluding hydrogens is 360 g/mol. The minimum atomic E-state index is -0.332. The fourth-order valence-corrected chi connectivity index (χ4v) is 2.45. The maximum absolute atomic E-state index is 12.1. The highest BCUT2D eigenvalue weighted by molar-refractivity contribution is 5.95. The van der Waals surface area contributed by atoms with Crippen LogP contribution in [0.25, 0.3) is 0 Å². The molecule has 2 rings (SSSR count). The Balaban J connectivity index is 1.82. The van der Waals surface area contributed by atoms with Gasteiger partial charge in [0.2, 0.25) is 11.8 Å². The monoisotopic (exact) mass is 384 g/mol. The van der Waals surface area contributed by atoms with Crippen molar-refractivity contribution in [1.29, 1.82) is 0 Å². The van der Waals surface area contributed by atoms with E-state index in [1.807, 2.05) is 6.92 Å². The summed E-state index contributed by atoms with van der Waals surface area (Å²) in [7, 11) is 0. The van der Waals surface area contributed by atoms with Crippen LogP contribution in [0.4, 0.5) is 5.69 Å². The minimum absolute atomic E-state index is 0.0876. The van der Waals surface area contributed by atoms with Crippen LogP contribution in [0.5, 0.6) is 0 Å². The minimum Gasteiger partial charge on any atom is -0.356 e. The molecule has 2 aromatic rings. The summed E-state index contributed by atoms with van der Waals surface area (Å²) >= 11 is 0. The Kier molecular flexibility index (Phi) is 7.50. The number of hydrogen-bond donors (Lipinski definition) is 3. The molecule has 0 bridgehead atoms. The molecule has 8 heteroatoms. The van der Waals surface area contributed by atoms with Gasteiger partial charge in [-0.1, -0.05) is 0 Å². The number of aryl methyl sites for hydroxylation is 1. The van der Waals surface area contributed by atoms with Gasteiger partial charge in [0.1, 0.15) is 6.54 Å². The first kappa shape index (κ1) is 20.9. The molecule has 0 fully saturated rings. The zero-order chi connectivity index (χ0) is 20.5. The number of amides is 3. The van der Waals surface area contributed by atoms with Gasteiger partial charge in [0, 0.05) is 43.5 Å². The molecule has 28 heavy (non-hydrogen) atoms. The van der Waals surface area contributed by atoms with Crippen molar-refractivity contribution in [2.45, 2.75) is 26.8 Å². The molecule has 1 aromatic carbocycles. The number of hydrogen-bond acceptors (Lipinski definition) is 4. The topological polar surface area (TPSA) is 109 Å². The molecule has 0 aliphatic rings. The summed E-state index contributed by atoms with van der Waals surface area (Å²) in [4.78, 5) is 46.7. The second kappa shape index (κ2) is 10.1.